The van der Waals surface area contributed by atoms with E-state index in [9.17, 15) is 18.0 Å². The maximum atomic E-state index is 12.7. The van der Waals surface area contributed by atoms with Crippen LogP contribution in [0.1, 0.15) is 39.4 Å². The van der Waals surface area contributed by atoms with Crippen LogP contribution in [0, 0.1) is 6.92 Å². The van der Waals surface area contributed by atoms with Gasteiger partial charge in [0, 0.05) is 11.8 Å². The second-order valence-corrected chi connectivity index (χ2v) is 10.5. The molecule has 1 aromatic carbocycles. The molecule has 3 N–H and O–H groups in total. The van der Waals surface area contributed by atoms with Gasteiger partial charge in [-0.3, -0.25) is 4.72 Å². The molecular weight excluding hydrogens is 554 g/mol. The Morgan fingerprint density at radius 1 is 1.03 bits per heavy atom. The number of hydrogen-bond acceptors (Lipinski definition) is 11. The van der Waals surface area contributed by atoms with E-state index in [4.69, 9.17) is 26.4 Å². The number of benzene rings is 1. The van der Waals surface area contributed by atoms with E-state index >= 15 is 0 Å². The summed E-state index contributed by atoms with van der Waals surface area (Å²) in [4.78, 5) is 32.9. The van der Waals surface area contributed by atoms with Crippen LogP contribution in [0.3, 0.4) is 0 Å². The Morgan fingerprint density at radius 2 is 1.68 bits per heavy atom. The highest BCUT2D eigenvalue weighted by atomic mass is 32.2. The van der Waals surface area contributed by atoms with Crippen LogP contribution in [0.25, 0.3) is 0 Å². The van der Waals surface area contributed by atoms with Crippen LogP contribution in [0.5, 0.6) is 5.88 Å². The maximum Gasteiger partial charge on any atom is 0.348 e. The summed E-state index contributed by atoms with van der Waals surface area (Å²) in [6.45, 7) is 5.32. The third-order valence-corrected chi connectivity index (χ3v) is 7.59. The number of anilines is 3. The van der Waals surface area contributed by atoms with Gasteiger partial charge in [-0.1, -0.05) is 0 Å². The Balaban J connectivity index is 1.75. The lowest BCUT2D eigenvalue weighted by molar-refractivity contribution is 0.0527. The van der Waals surface area contributed by atoms with Gasteiger partial charge in [0.2, 0.25) is 5.88 Å². The van der Waals surface area contributed by atoms with Crippen molar-refractivity contribution in [1.82, 2.24) is 9.97 Å². The minimum atomic E-state index is -3.93. The van der Waals surface area contributed by atoms with Crippen LogP contribution in [-0.4, -0.2) is 55.8 Å². The first-order chi connectivity index (χ1) is 18.1. The first-order valence-electron chi connectivity index (χ1n) is 11.1. The van der Waals surface area contributed by atoms with E-state index in [0.29, 0.717) is 16.3 Å². The number of hydrogen-bond donors (Lipinski definition) is 3. The molecule has 0 saturated heterocycles. The van der Waals surface area contributed by atoms with Crippen LogP contribution in [0.2, 0.25) is 0 Å². The predicted molar refractivity (Wildman–Crippen MR) is 147 cm³/mol. The van der Waals surface area contributed by atoms with Gasteiger partial charge in [0.15, 0.2) is 5.11 Å². The molecule has 0 atom stereocenters. The lowest BCUT2D eigenvalue weighted by Crippen LogP contribution is -2.20. The molecule has 0 unspecified atom stereocenters. The molecule has 202 valence electrons. The van der Waals surface area contributed by atoms with Gasteiger partial charge in [0.25, 0.3) is 10.0 Å². The molecule has 3 aromatic rings. The molecule has 0 amide bonds. The lowest BCUT2D eigenvalue weighted by Gasteiger charge is -2.12. The largest absolute Gasteiger partial charge is 0.481 e. The Kier molecular flexibility index (Phi) is 9.55. The first-order valence-corrected chi connectivity index (χ1v) is 13.8. The first kappa shape index (κ1) is 28.7. The summed E-state index contributed by atoms with van der Waals surface area (Å²) in [5.74, 6) is -0.904. The van der Waals surface area contributed by atoms with Gasteiger partial charge in [-0.25, -0.2) is 28.0 Å². The number of thiocarbonyl (C=S) groups is 1. The molecule has 0 spiro atoms. The minimum Gasteiger partial charge on any atom is -0.481 e. The summed E-state index contributed by atoms with van der Waals surface area (Å²) >= 11 is 6.39. The highest BCUT2D eigenvalue weighted by Gasteiger charge is 2.27. The second kappa shape index (κ2) is 12.6. The number of carbonyl (C=O) groups excluding carboxylic acids is 2. The van der Waals surface area contributed by atoms with Gasteiger partial charge in [-0.05, 0) is 62.8 Å². The molecule has 2 aromatic heterocycles. The lowest BCUT2D eigenvalue weighted by atomic mass is 10.1. The number of rotatable bonds is 10. The van der Waals surface area contributed by atoms with Gasteiger partial charge in [0.05, 0.1) is 30.8 Å². The maximum absolute atomic E-state index is 12.7. The number of ether oxygens (including phenoxy) is 3. The number of thiophene rings is 1. The summed E-state index contributed by atoms with van der Waals surface area (Å²) in [6.07, 6.45) is 1.18. The standard InChI is InChI=1S/C23H25N5O7S3/c1-5-34-21(29)18-13(3)19(22(30)35-6-2)37-20(18)27-23(36)26-14-7-9-15(10-8-14)38(31,32)28-16-11-17(33-4)25-12-24-16/h7-12H,5-6H2,1-4H3,(H,24,25,28)(H2,26,27,36). The fourth-order valence-electron chi connectivity index (χ4n) is 3.13. The zero-order valence-corrected chi connectivity index (χ0v) is 23.3. The number of aromatic nitrogens is 2. The fourth-order valence-corrected chi connectivity index (χ4v) is 5.51. The fraction of sp³-hybridized carbons (Fsp3) is 0.261. The smallest absolute Gasteiger partial charge is 0.348 e. The topological polar surface area (TPSA) is 158 Å². The highest BCUT2D eigenvalue weighted by molar-refractivity contribution is 7.92. The summed E-state index contributed by atoms with van der Waals surface area (Å²) in [7, 11) is -2.53. The molecule has 0 fully saturated rings. The summed E-state index contributed by atoms with van der Waals surface area (Å²) in [5, 5.41) is 6.26. The third-order valence-electron chi connectivity index (χ3n) is 4.83. The van der Waals surface area contributed by atoms with E-state index in [1.54, 1.807) is 20.8 Å². The Bertz CT molecular complexity index is 1440. The minimum absolute atomic E-state index is 0.0166. The van der Waals surface area contributed by atoms with Crippen molar-refractivity contribution in [3.05, 3.63) is 52.7 Å². The summed E-state index contributed by atoms with van der Waals surface area (Å²) in [5.41, 5.74) is 1.07. The SMILES string of the molecule is CCOC(=O)c1sc(NC(=S)Nc2ccc(S(=O)(=O)Nc3cc(OC)ncn3)cc2)c(C(=O)OCC)c1C. The molecule has 12 nitrogen and oxygen atoms in total. The second-order valence-electron chi connectivity index (χ2n) is 7.36. The molecule has 0 radical (unpaired) electrons. The number of carbonyl (C=O) groups is 2. The number of nitrogens with one attached hydrogen (secondary N) is 3. The van der Waals surface area contributed by atoms with Crippen LogP contribution >= 0.6 is 23.6 Å². The highest BCUT2D eigenvalue weighted by Crippen LogP contribution is 2.34. The van der Waals surface area contributed by atoms with E-state index in [1.807, 2.05) is 0 Å². The van der Waals surface area contributed by atoms with Gasteiger partial charge in [-0.15, -0.1) is 11.3 Å². The molecule has 0 bridgehead atoms. The van der Waals surface area contributed by atoms with Crippen molar-refractivity contribution in [1.29, 1.82) is 0 Å². The van der Waals surface area contributed by atoms with Crippen molar-refractivity contribution in [3.8, 4) is 5.88 Å². The van der Waals surface area contributed by atoms with Gasteiger partial charge >= 0.3 is 11.9 Å². The molecule has 38 heavy (non-hydrogen) atoms. The Morgan fingerprint density at radius 3 is 2.32 bits per heavy atom. The zero-order chi connectivity index (χ0) is 27.9. The molecule has 3 rings (SSSR count). The normalized spacial score (nSPS) is 10.8. The molecule has 0 saturated carbocycles. The predicted octanol–water partition coefficient (Wildman–Crippen LogP) is 3.82. The molecule has 0 aliphatic heterocycles. The number of methoxy groups -OCH3 is 1. The van der Waals surface area contributed by atoms with E-state index in [0.717, 1.165) is 11.3 Å². The van der Waals surface area contributed by atoms with Crippen LogP contribution in [0.15, 0.2) is 41.6 Å². The monoisotopic (exact) mass is 579 g/mol. The number of nitrogens with zero attached hydrogens (tertiary/aromatic N) is 2. The van der Waals surface area contributed by atoms with Crippen molar-refractivity contribution >= 4 is 67.1 Å². The van der Waals surface area contributed by atoms with Crippen molar-refractivity contribution in [2.24, 2.45) is 0 Å². The third kappa shape index (κ3) is 6.93. The van der Waals surface area contributed by atoms with Crippen molar-refractivity contribution in [2.75, 3.05) is 35.7 Å². The Labute approximate surface area is 228 Å². The van der Waals surface area contributed by atoms with Gasteiger partial charge < -0.3 is 24.8 Å². The van der Waals surface area contributed by atoms with Gasteiger partial charge in [0.1, 0.15) is 22.0 Å². The molecular formula is C23H25N5O7S3. The summed E-state index contributed by atoms with van der Waals surface area (Å²) < 4.78 is 43.0. The van der Waals surface area contributed by atoms with Crippen molar-refractivity contribution < 1.29 is 32.2 Å². The number of esters is 2. The molecule has 15 heteroatoms. The van der Waals surface area contributed by atoms with E-state index in [1.165, 1.54) is 43.8 Å². The molecule has 0 aliphatic rings. The van der Waals surface area contributed by atoms with Crippen LogP contribution < -0.4 is 20.1 Å². The quantitative estimate of drug-likeness (QED) is 0.236. The van der Waals surface area contributed by atoms with E-state index in [-0.39, 0.29) is 45.4 Å². The Hall–Kier alpha value is -3.82. The van der Waals surface area contributed by atoms with Crippen molar-refractivity contribution in [2.45, 2.75) is 25.7 Å². The zero-order valence-electron chi connectivity index (χ0n) is 20.9. The average molecular weight is 580 g/mol. The van der Waals surface area contributed by atoms with Crippen LogP contribution in [0.4, 0.5) is 16.5 Å². The molecule has 2 heterocycles. The van der Waals surface area contributed by atoms with Gasteiger partial charge in [-0.2, -0.15) is 0 Å². The van der Waals surface area contributed by atoms with Crippen molar-refractivity contribution in [3.63, 3.8) is 0 Å². The molecule has 0 aliphatic carbocycles. The van der Waals surface area contributed by atoms with Crippen LogP contribution in [-0.2, 0) is 19.5 Å². The van der Waals surface area contributed by atoms with E-state index < -0.39 is 22.0 Å². The average Bonchev–Trinajstić information content (AvgIpc) is 3.20. The number of sulfonamides is 1. The summed E-state index contributed by atoms with van der Waals surface area (Å²) in [6, 6.07) is 7.13. The van der Waals surface area contributed by atoms with E-state index in [2.05, 4.69) is 25.3 Å².